The number of imidazole rings is 1. The number of carbonyl (C=O) groups is 2. The molecular weight excluding hydrogens is 382 g/mol. The Labute approximate surface area is 165 Å². The molecule has 11 heteroatoms. The Morgan fingerprint density at radius 2 is 1.79 bits per heavy atom. The van der Waals surface area contributed by atoms with Crippen molar-refractivity contribution in [2.45, 2.75) is 0 Å². The Kier molecular flexibility index (Phi) is 5.48. The maximum atomic E-state index is 11.8. The van der Waals surface area contributed by atoms with E-state index in [9.17, 15) is 9.59 Å². The van der Waals surface area contributed by atoms with Crippen LogP contribution in [0.2, 0.25) is 0 Å². The van der Waals surface area contributed by atoms with Crippen molar-refractivity contribution in [3.05, 3.63) is 23.9 Å². The minimum Gasteiger partial charge on any atom is -0.496 e. The third-order valence-corrected chi connectivity index (χ3v) is 4.32. The number of carbonyl (C=O) groups excluding carboxylic acids is 2. The largest absolute Gasteiger partial charge is 0.496 e. The molecule has 0 aliphatic rings. The summed E-state index contributed by atoms with van der Waals surface area (Å²) in [6, 6.07) is 3.36. The van der Waals surface area contributed by atoms with E-state index in [-0.39, 0.29) is 12.1 Å². The van der Waals surface area contributed by atoms with E-state index in [1.165, 1.54) is 39.2 Å². The van der Waals surface area contributed by atoms with Gasteiger partial charge in [0.25, 0.3) is 5.91 Å². The highest BCUT2D eigenvalue weighted by Gasteiger charge is 2.25. The second-order valence-electron chi connectivity index (χ2n) is 5.87. The first kappa shape index (κ1) is 19.9. The number of H-pyrrole nitrogens is 1. The number of methoxy groups -OCH3 is 4. The van der Waals surface area contributed by atoms with Gasteiger partial charge in [0.05, 0.1) is 45.9 Å². The first-order chi connectivity index (χ1) is 13.9. The van der Waals surface area contributed by atoms with Crippen LogP contribution in [0.3, 0.4) is 0 Å². The number of hydrogen-bond donors (Lipinski definition) is 3. The average molecular weight is 403 g/mol. The number of nitrogens with one attached hydrogen (secondary N) is 2. The standard InChI is InChI=1S/C18H21N5O6/c1-26-9-5-11(27-2)14(12(6-9)28-3)15-18(20-8-13(24)29-4)23-17(22-15)10(7-21-23)16(19)25/h5-7,20,22H,8H2,1-4H3,(H2,19,25). The van der Waals surface area contributed by atoms with E-state index < -0.39 is 11.9 Å². The Morgan fingerprint density at radius 1 is 1.14 bits per heavy atom. The maximum absolute atomic E-state index is 11.8. The van der Waals surface area contributed by atoms with Crippen molar-refractivity contribution in [1.82, 2.24) is 14.6 Å². The molecule has 3 rings (SSSR count). The molecule has 1 aromatic carbocycles. The number of primary amides is 1. The number of ether oxygens (including phenoxy) is 4. The smallest absolute Gasteiger partial charge is 0.325 e. The number of fused-ring (bicyclic) bond motifs is 1. The molecule has 2 aromatic heterocycles. The third kappa shape index (κ3) is 3.49. The monoisotopic (exact) mass is 403 g/mol. The quantitative estimate of drug-likeness (QED) is 0.474. The van der Waals surface area contributed by atoms with E-state index >= 15 is 0 Å². The van der Waals surface area contributed by atoms with Gasteiger partial charge in [0, 0.05) is 12.1 Å². The second kappa shape index (κ2) is 8.00. The van der Waals surface area contributed by atoms with Gasteiger partial charge >= 0.3 is 5.97 Å². The molecule has 0 unspecified atom stereocenters. The van der Waals surface area contributed by atoms with Crippen molar-refractivity contribution < 1.29 is 28.5 Å². The van der Waals surface area contributed by atoms with Gasteiger partial charge in [0.15, 0.2) is 5.82 Å². The Bertz CT molecular complexity index is 1050. The zero-order valence-electron chi connectivity index (χ0n) is 16.4. The molecule has 0 bridgehead atoms. The highest BCUT2D eigenvalue weighted by atomic mass is 16.5. The number of benzene rings is 1. The molecule has 29 heavy (non-hydrogen) atoms. The molecule has 0 saturated heterocycles. The minimum atomic E-state index is -0.652. The van der Waals surface area contributed by atoms with Crippen molar-refractivity contribution in [2.75, 3.05) is 40.3 Å². The minimum absolute atomic E-state index is 0.136. The van der Waals surface area contributed by atoms with Crippen molar-refractivity contribution in [3.63, 3.8) is 0 Å². The summed E-state index contributed by atoms with van der Waals surface area (Å²) >= 11 is 0. The SMILES string of the molecule is COC(=O)CNc1c(-c2c(OC)cc(OC)cc2OC)[nH]c2c(C(N)=O)cnn12. The fourth-order valence-corrected chi connectivity index (χ4v) is 2.93. The van der Waals surface area contributed by atoms with Gasteiger partial charge < -0.3 is 35.0 Å². The van der Waals surface area contributed by atoms with E-state index in [2.05, 4.69) is 20.1 Å². The summed E-state index contributed by atoms with van der Waals surface area (Å²) in [5.41, 5.74) is 6.97. The first-order valence-electron chi connectivity index (χ1n) is 8.45. The van der Waals surface area contributed by atoms with E-state index in [0.717, 1.165) is 0 Å². The molecule has 154 valence electrons. The van der Waals surface area contributed by atoms with Crippen LogP contribution in [0.15, 0.2) is 18.3 Å². The van der Waals surface area contributed by atoms with Crippen molar-refractivity contribution in [1.29, 1.82) is 0 Å². The maximum Gasteiger partial charge on any atom is 0.325 e. The van der Waals surface area contributed by atoms with Crippen LogP contribution in [0.5, 0.6) is 17.2 Å². The third-order valence-electron chi connectivity index (χ3n) is 4.32. The molecule has 0 spiro atoms. The van der Waals surface area contributed by atoms with E-state index in [1.54, 1.807) is 12.1 Å². The van der Waals surface area contributed by atoms with Crippen molar-refractivity contribution >= 4 is 23.3 Å². The van der Waals surface area contributed by atoms with Crippen LogP contribution in [0.25, 0.3) is 16.9 Å². The molecule has 0 atom stereocenters. The Morgan fingerprint density at radius 3 is 2.31 bits per heavy atom. The van der Waals surface area contributed by atoms with Gasteiger partial charge in [-0.2, -0.15) is 9.61 Å². The summed E-state index contributed by atoms with van der Waals surface area (Å²) in [5.74, 6) is 0.655. The normalized spacial score (nSPS) is 10.6. The first-order valence-corrected chi connectivity index (χ1v) is 8.45. The van der Waals surface area contributed by atoms with Gasteiger partial charge in [-0.15, -0.1) is 0 Å². The molecule has 0 radical (unpaired) electrons. The summed E-state index contributed by atoms with van der Waals surface area (Å²) < 4.78 is 22.4. The fourth-order valence-electron chi connectivity index (χ4n) is 2.93. The number of nitrogens with two attached hydrogens (primary N) is 1. The van der Waals surface area contributed by atoms with Crippen LogP contribution < -0.4 is 25.3 Å². The van der Waals surface area contributed by atoms with Gasteiger partial charge in [-0.25, -0.2) is 0 Å². The van der Waals surface area contributed by atoms with Crippen LogP contribution in [0.1, 0.15) is 10.4 Å². The molecule has 11 nitrogen and oxygen atoms in total. The van der Waals surface area contributed by atoms with Crippen LogP contribution in [-0.2, 0) is 9.53 Å². The molecular formula is C18H21N5O6. The lowest BCUT2D eigenvalue weighted by atomic mass is 10.1. The summed E-state index contributed by atoms with van der Waals surface area (Å²) in [6.45, 7) is -0.136. The van der Waals surface area contributed by atoms with Crippen LogP contribution in [0.4, 0.5) is 5.82 Å². The zero-order valence-corrected chi connectivity index (χ0v) is 16.4. The molecule has 0 aliphatic carbocycles. The van der Waals surface area contributed by atoms with Crippen LogP contribution >= 0.6 is 0 Å². The lowest BCUT2D eigenvalue weighted by molar-refractivity contribution is -0.138. The van der Waals surface area contributed by atoms with Crippen LogP contribution in [-0.4, -0.2) is 61.5 Å². The number of anilines is 1. The number of hydrogen-bond acceptors (Lipinski definition) is 8. The molecule has 2 heterocycles. The van der Waals surface area contributed by atoms with E-state index in [1.807, 2.05) is 0 Å². The summed E-state index contributed by atoms with van der Waals surface area (Å²) in [6.07, 6.45) is 1.34. The predicted octanol–water partition coefficient (Wildman–Crippen LogP) is 1.04. The van der Waals surface area contributed by atoms with E-state index in [4.69, 9.17) is 19.9 Å². The summed E-state index contributed by atoms with van der Waals surface area (Å²) in [5, 5.41) is 7.17. The Balaban J connectivity index is 2.28. The molecule has 0 fully saturated rings. The summed E-state index contributed by atoms with van der Waals surface area (Å²) in [4.78, 5) is 26.6. The highest BCUT2D eigenvalue weighted by molar-refractivity contribution is 6.00. The number of aromatic amines is 1. The topological polar surface area (TPSA) is 142 Å². The number of aromatic nitrogens is 3. The number of nitrogens with zero attached hydrogens (tertiary/aromatic N) is 2. The lowest BCUT2D eigenvalue weighted by Gasteiger charge is -2.15. The number of rotatable bonds is 8. The van der Waals surface area contributed by atoms with Gasteiger partial charge in [-0.05, 0) is 0 Å². The molecule has 0 saturated carbocycles. The average Bonchev–Trinajstić information content (AvgIpc) is 3.29. The zero-order chi connectivity index (χ0) is 21.1. The van der Waals surface area contributed by atoms with E-state index in [0.29, 0.717) is 40.0 Å². The van der Waals surface area contributed by atoms with Gasteiger partial charge in [-0.1, -0.05) is 0 Å². The Hall–Kier alpha value is -3.89. The lowest BCUT2D eigenvalue weighted by Crippen LogP contribution is -2.16. The van der Waals surface area contributed by atoms with Crippen molar-refractivity contribution in [3.8, 4) is 28.5 Å². The predicted molar refractivity (Wildman–Crippen MR) is 104 cm³/mol. The van der Waals surface area contributed by atoms with Crippen molar-refractivity contribution in [2.24, 2.45) is 5.73 Å². The fraction of sp³-hybridized carbons (Fsp3) is 0.278. The molecule has 1 amide bonds. The van der Waals surface area contributed by atoms with Gasteiger partial charge in [0.2, 0.25) is 0 Å². The van der Waals surface area contributed by atoms with Crippen LogP contribution in [0, 0.1) is 0 Å². The van der Waals surface area contributed by atoms with Gasteiger partial charge in [0.1, 0.15) is 35.0 Å². The highest BCUT2D eigenvalue weighted by Crippen LogP contribution is 2.44. The molecule has 0 aliphatic heterocycles. The summed E-state index contributed by atoms with van der Waals surface area (Å²) in [7, 11) is 5.82. The molecule has 3 aromatic rings. The van der Waals surface area contributed by atoms with Gasteiger partial charge in [-0.3, -0.25) is 9.59 Å². The number of esters is 1. The second-order valence-corrected chi connectivity index (χ2v) is 5.87. The molecule has 4 N–H and O–H groups in total. The number of amides is 1.